The SMILES string of the molecule is [2H]C([2H])([2H])C(C(C)=O)C(=O)OC(C)(C)C. The third-order valence-electron chi connectivity index (χ3n) is 1.05. The van der Waals surface area contributed by atoms with Crippen LogP contribution in [0.4, 0.5) is 0 Å². The van der Waals surface area contributed by atoms with E-state index in [4.69, 9.17) is 8.85 Å². The van der Waals surface area contributed by atoms with Crippen molar-refractivity contribution in [1.29, 1.82) is 0 Å². The number of hydrogen-bond donors (Lipinski definition) is 0. The molecule has 3 heteroatoms. The van der Waals surface area contributed by atoms with Gasteiger partial charge in [0, 0.05) is 4.11 Å². The quantitative estimate of drug-likeness (QED) is 0.472. The summed E-state index contributed by atoms with van der Waals surface area (Å²) in [4.78, 5) is 22.5. The van der Waals surface area contributed by atoms with E-state index in [1.165, 1.54) is 0 Å². The zero-order valence-corrected chi connectivity index (χ0v) is 7.80. The fraction of sp³-hybridized carbons (Fsp3) is 0.778. The number of carbonyl (C=O) groups is 2. The molecule has 0 amide bonds. The summed E-state index contributed by atoms with van der Waals surface area (Å²) in [6.07, 6.45) is 0. The maximum Gasteiger partial charge on any atom is 0.316 e. The Balaban J connectivity index is 4.82. The zero-order valence-electron chi connectivity index (χ0n) is 10.8. The number of carbonyl (C=O) groups excluding carboxylic acids is 2. The Kier molecular flexibility index (Phi) is 2.04. The van der Waals surface area contributed by atoms with Crippen LogP contribution in [0.15, 0.2) is 0 Å². The van der Waals surface area contributed by atoms with E-state index in [-0.39, 0.29) is 0 Å². The second kappa shape index (κ2) is 3.70. The van der Waals surface area contributed by atoms with Crippen molar-refractivity contribution in [3.05, 3.63) is 0 Å². The van der Waals surface area contributed by atoms with E-state index < -0.39 is 30.1 Å². The fourth-order valence-electron chi connectivity index (χ4n) is 0.527. The topological polar surface area (TPSA) is 43.4 Å². The van der Waals surface area contributed by atoms with Gasteiger partial charge in [0.25, 0.3) is 0 Å². The first kappa shape index (κ1) is 6.63. The van der Waals surface area contributed by atoms with Crippen molar-refractivity contribution in [2.75, 3.05) is 0 Å². The van der Waals surface area contributed by atoms with Crippen molar-refractivity contribution >= 4 is 11.8 Å². The Bertz CT molecular complexity index is 263. The summed E-state index contributed by atoms with van der Waals surface area (Å²) in [5.74, 6) is -3.38. The van der Waals surface area contributed by atoms with E-state index >= 15 is 0 Å². The maximum absolute atomic E-state index is 11.4. The minimum atomic E-state index is -2.64. The van der Waals surface area contributed by atoms with Gasteiger partial charge in [0.1, 0.15) is 17.3 Å². The highest BCUT2D eigenvalue weighted by Crippen LogP contribution is 2.11. The molecule has 0 N–H and O–H groups in total. The summed E-state index contributed by atoms with van der Waals surface area (Å²) in [5, 5.41) is 0. The molecule has 0 aliphatic rings. The third-order valence-corrected chi connectivity index (χ3v) is 1.05. The lowest BCUT2D eigenvalue weighted by Gasteiger charge is -2.21. The van der Waals surface area contributed by atoms with Crippen molar-refractivity contribution in [2.45, 2.75) is 40.1 Å². The first-order chi connectivity index (χ1) is 6.45. The van der Waals surface area contributed by atoms with Gasteiger partial charge in [-0.2, -0.15) is 0 Å². The van der Waals surface area contributed by atoms with E-state index in [9.17, 15) is 9.59 Å². The van der Waals surface area contributed by atoms with Crippen LogP contribution in [-0.4, -0.2) is 17.4 Å². The molecule has 0 radical (unpaired) electrons. The van der Waals surface area contributed by atoms with Crippen LogP contribution >= 0.6 is 0 Å². The molecule has 0 aliphatic carbocycles. The minimum Gasteiger partial charge on any atom is -0.459 e. The summed E-state index contributed by atoms with van der Waals surface area (Å²) in [7, 11) is 0. The third kappa shape index (κ3) is 4.11. The monoisotopic (exact) mass is 175 g/mol. The van der Waals surface area contributed by atoms with Gasteiger partial charge in [0.05, 0.1) is 0 Å². The van der Waals surface area contributed by atoms with E-state index in [0.717, 1.165) is 6.92 Å². The highest BCUT2D eigenvalue weighted by Gasteiger charge is 2.24. The Labute approximate surface area is 77.3 Å². The average Bonchev–Trinajstić information content (AvgIpc) is 1.74. The van der Waals surface area contributed by atoms with Crippen LogP contribution in [0.2, 0.25) is 0 Å². The lowest BCUT2D eigenvalue weighted by Crippen LogP contribution is -2.30. The van der Waals surface area contributed by atoms with Crippen LogP contribution in [0, 0.1) is 5.92 Å². The van der Waals surface area contributed by atoms with Crippen LogP contribution in [0.25, 0.3) is 0 Å². The normalized spacial score (nSPS) is 18.5. The van der Waals surface area contributed by atoms with E-state index in [1.807, 2.05) is 0 Å². The Morgan fingerprint density at radius 2 is 1.92 bits per heavy atom. The summed E-state index contributed by atoms with van der Waals surface area (Å²) < 4.78 is 26.1. The number of hydrogen-bond acceptors (Lipinski definition) is 3. The molecule has 70 valence electrons. The molecular formula is C9H16O3. The highest BCUT2D eigenvalue weighted by atomic mass is 16.6. The van der Waals surface area contributed by atoms with Gasteiger partial charge >= 0.3 is 5.97 Å². The number of rotatable bonds is 2. The van der Waals surface area contributed by atoms with Crippen LogP contribution in [0.3, 0.4) is 0 Å². The number of ketones is 1. The summed E-state index contributed by atoms with van der Waals surface area (Å²) in [6.45, 7) is 3.26. The van der Waals surface area contributed by atoms with E-state index in [1.54, 1.807) is 20.8 Å². The number of esters is 1. The highest BCUT2D eigenvalue weighted by molar-refractivity contribution is 5.97. The van der Waals surface area contributed by atoms with Crippen LogP contribution in [0.1, 0.15) is 38.7 Å². The minimum absolute atomic E-state index is 0.704. The standard InChI is InChI=1S/C9H16O3/c1-6(7(2)10)8(11)12-9(3,4)5/h6H,1-5H3/i1D3. The van der Waals surface area contributed by atoms with Crippen molar-refractivity contribution in [2.24, 2.45) is 5.92 Å². The molecule has 1 atom stereocenters. The van der Waals surface area contributed by atoms with Crippen LogP contribution < -0.4 is 0 Å². The van der Waals surface area contributed by atoms with Crippen LogP contribution in [0.5, 0.6) is 0 Å². The summed E-state index contributed by atoms with van der Waals surface area (Å²) >= 11 is 0. The Morgan fingerprint density at radius 3 is 2.17 bits per heavy atom. The smallest absolute Gasteiger partial charge is 0.316 e. The first-order valence-electron chi connectivity index (χ1n) is 5.18. The van der Waals surface area contributed by atoms with Gasteiger partial charge in [0.15, 0.2) is 0 Å². The molecule has 0 fully saturated rings. The second-order valence-electron chi connectivity index (χ2n) is 3.58. The predicted octanol–water partition coefficient (Wildman–Crippen LogP) is 1.55. The largest absolute Gasteiger partial charge is 0.459 e. The summed E-state index contributed by atoms with van der Waals surface area (Å²) in [6, 6.07) is 0. The molecule has 0 spiro atoms. The molecule has 0 aromatic heterocycles. The van der Waals surface area contributed by atoms with Gasteiger partial charge in [-0.15, -0.1) is 0 Å². The zero-order chi connectivity index (χ0) is 12.4. The van der Waals surface area contributed by atoms with E-state index in [0.29, 0.717) is 0 Å². The van der Waals surface area contributed by atoms with Gasteiger partial charge in [-0.25, -0.2) is 0 Å². The number of ether oxygens (including phenoxy) is 1. The lowest BCUT2D eigenvalue weighted by atomic mass is 10.1. The van der Waals surface area contributed by atoms with Crippen molar-refractivity contribution in [3.63, 3.8) is 0 Å². The summed E-state index contributed by atoms with van der Waals surface area (Å²) in [5.41, 5.74) is -0.796. The molecule has 1 unspecified atom stereocenters. The molecule has 0 heterocycles. The van der Waals surface area contributed by atoms with Crippen molar-refractivity contribution < 1.29 is 18.4 Å². The van der Waals surface area contributed by atoms with Gasteiger partial charge in [0.2, 0.25) is 0 Å². The van der Waals surface area contributed by atoms with Crippen molar-refractivity contribution in [1.82, 2.24) is 0 Å². The average molecular weight is 175 g/mol. The molecule has 0 bridgehead atoms. The van der Waals surface area contributed by atoms with Gasteiger partial charge in [-0.3, -0.25) is 9.59 Å². The lowest BCUT2D eigenvalue weighted by molar-refractivity contribution is -0.161. The van der Waals surface area contributed by atoms with Crippen molar-refractivity contribution in [3.8, 4) is 0 Å². The van der Waals surface area contributed by atoms with Gasteiger partial charge in [-0.05, 0) is 34.5 Å². The molecule has 0 saturated carbocycles. The first-order valence-corrected chi connectivity index (χ1v) is 3.68. The number of Topliss-reactive ketones (excluding diaryl/α,β-unsaturated/α-hetero) is 1. The molecule has 0 aliphatic heterocycles. The molecule has 0 rings (SSSR count). The van der Waals surface area contributed by atoms with Crippen LogP contribution in [-0.2, 0) is 14.3 Å². The predicted molar refractivity (Wildman–Crippen MR) is 45.7 cm³/mol. The molecule has 0 aromatic rings. The molecule has 12 heavy (non-hydrogen) atoms. The molecule has 0 aromatic carbocycles. The Hall–Kier alpha value is -0.860. The van der Waals surface area contributed by atoms with Gasteiger partial charge in [-0.1, -0.05) is 0 Å². The Morgan fingerprint density at radius 1 is 1.42 bits per heavy atom. The van der Waals surface area contributed by atoms with Gasteiger partial charge < -0.3 is 4.74 Å². The maximum atomic E-state index is 11.4. The molecular weight excluding hydrogens is 156 g/mol. The second-order valence-corrected chi connectivity index (χ2v) is 3.58. The fourth-order valence-corrected chi connectivity index (χ4v) is 0.527. The molecule has 3 nitrogen and oxygen atoms in total. The van der Waals surface area contributed by atoms with E-state index in [2.05, 4.69) is 0 Å². The molecule has 0 saturated heterocycles.